The summed E-state index contributed by atoms with van der Waals surface area (Å²) in [7, 11) is -9.83. The van der Waals surface area contributed by atoms with Crippen LogP contribution in [0.25, 0.3) is 5.73 Å². The van der Waals surface area contributed by atoms with E-state index >= 15 is 0 Å². The molecule has 2 unspecified atom stereocenters. The minimum atomic E-state index is -4.92. The van der Waals surface area contributed by atoms with E-state index in [4.69, 9.17) is 50.3 Å². The summed E-state index contributed by atoms with van der Waals surface area (Å²) in [6, 6.07) is -0.665. The van der Waals surface area contributed by atoms with Gasteiger partial charge in [0.05, 0.1) is 5.60 Å². The summed E-state index contributed by atoms with van der Waals surface area (Å²) in [6.07, 6.45) is -0.487. The summed E-state index contributed by atoms with van der Waals surface area (Å²) in [4.78, 5) is 0. The second-order valence-electron chi connectivity index (χ2n) is 5.34. The molecule has 1 fully saturated rings. The zero-order valence-corrected chi connectivity index (χ0v) is 23.7. The Bertz CT molecular complexity index is 521. The molecule has 0 aromatic rings. The quantitative estimate of drug-likeness (QED) is 0.143. The molecule has 0 aromatic carbocycles. The average molecular weight is 463 g/mol. The Morgan fingerprint density at radius 3 is 1.63 bits per heavy atom. The van der Waals surface area contributed by atoms with E-state index in [-0.39, 0.29) is 94.3 Å². The SMILES string of the molecule is O=S(=O)([O-])O.O=S(=O)([O-])O.[CH2-]C1O[C@H](OC(C)(C)C)C([NH-])[CH-][C@@H]1O.[Na+].[Na+].[Na+]. The molecule has 1 heterocycles. The van der Waals surface area contributed by atoms with Crippen molar-refractivity contribution in [2.24, 2.45) is 0 Å². The first kappa shape index (κ1) is 40.0. The van der Waals surface area contributed by atoms with Crippen molar-refractivity contribution in [1.82, 2.24) is 0 Å². The van der Waals surface area contributed by atoms with Crippen LogP contribution in [0.15, 0.2) is 0 Å². The van der Waals surface area contributed by atoms with E-state index in [1.807, 2.05) is 20.8 Å². The van der Waals surface area contributed by atoms with E-state index < -0.39 is 45.3 Å². The zero-order chi connectivity index (χ0) is 19.9. The first-order valence-electron chi connectivity index (χ1n) is 6.06. The molecule has 4 N–H and O–H groups in total. The molecule has 0 aliphatic carbocycles. The Morgan fingerprint density at radius 2 is 1.37 bits per heavy atom. The van der Waals surface area contributed by atoms with Crippen molar-refractivity contribution >= 4 is 20.8 Å². The molecule has 4 atom stereocenters. The van der Waals surface area contributed by atoms with Crippen LogP contribution in [0.2, 0.25) is 0 Å². The molecule has 0 spiro atoms. The summed E-state index contributed by atoms with van der Waals surface area (Å²) >= 11 is 0. The third kappa shape index (κ3) is 36.3. The topological polar surface area (TPSA) is 217 Å². The van der Waals surface area contributed by atoms with Crippen molar-refractivity contribution in [3.63, 3.8) is 0 Å². The van der Waals surface area contributed by atoms with Gasteiger partial charge in [0, 0.05) is 0 Å². The van der Waals surface area contributed by atoms with Crippen molar-refractivity contribution in [1.29, 1.82) is 0 Å². The Hall–Kier alpha value is 2.58. The van der Waals surface area contributed by atoms with Crippen molar-refractivity contribution in [2.45, 2.75) is 50.9 Å². The van der Waals surface area contributed by atoms with Crippen LogP contribution in [0.4, 0.5) is 0 Å². The molecule has 1 rings (SSSR count). The molecule has 27 heavy (non-hydrogen) atoms. The molecule has 17 heteroatoms. The van der Waals surface area contributed by atoms with Crippen LogP contribution >= 0.6 is 0 Å². The van der Waals surface area contributed by atoms with Gasteiger partial charge >= 0.3 is 88.7 Å². The van der Waals surface area contributed by atoms with Gasteiger partial charge < -0.3 is 42.8 Å². The standard InChI is InChI=1S/C10H18NO3.3Na.2H2O4S/c1-6-8(12)5-7(11)9(13-6)14-10(2,3)4;;;;2*1-5(2,3)4/h5-9,11-12H,1H2,2-4H3;;;;2*(H2,1,2,3,4)/q-3;3*+1;;/p-2/t6?,7?,8-,9+;;;;;/m0...../s1. The third-order valence-corrected chi connectivity index (χ3v) is 1.86. The molecule has 1 saturated heterocycles. The van der Waals surface area contributed by atoms with Crippen LogP contribution in [0.3, 0.4) is 0 Å². The Kier molecular flexibility index (Phi) is 25.4. The summed E-state index contributed by atoms with van der Waals surface area (Å²) in [5.74, 6) is 0. The molecular formula is C10H20NNa3O11S2-2. The molecule has 0 amide bonds. The largest absolute Gasteiger partial charge is 1.00 e. The number of hydrogen-bond acceptors (Lipinski definition) is 9. The minimum absolute atomic E-state index is 0. The van der Waals surface area contributed by atoms with Crippen LogP contribution in [0.5, 0.6) is 0 Å². The van der Waals surface area contributed by atoms with E-state index in [2.05, 4.69) is 6.92 Å². The Labute approximate surface area is 226 Å². The number of rotatable bonds is 1. The number of aliphatic hydroxyl groups is 1. The van der Waals surface area contributed by atoms with Gasteiger partial charge in [-0.15, -0.1) is 0 Å². The van der Waals surface area contributed by atoms with E-state index in [1.54, 1.807) is 0 Å². The monoisotopic (exact) mass is 463 g/mol. The number of nitrogens with one attached hydrogen (secondary N) is 1. The Morgan fingerprint density at radius 1 is 1.07 bits per heavy atom. The van der Waals surface area contributed by atoms with Crippen LogP contribution < -0.4 is 88.7 Å². The number of aliphatic hydroxyl groups excluding tert-OH is 1. The number of ether oxygens (including phenoxy) is 2. The van der Waals surface area contributed by atoms with Gasteiger partial charge in [-0.2, -0.15) is 0 Å². The fourth-order valence-corrected chi connectivity index (χ4v) is 1.21. The molecule has 1 aliphatic heterocycles. The summed E-state index contributed by atoms with van der Waals surface area (Å²) in [5.41, 5.74) is 7.28. The molecule has 148 valence electrons. The van der Waals surface area contributed by atoms with Crippen LogP contribution in [0, 0.1) is 13.3 Å². The average Bonchev–Trinajstić information content (AvgIpc) is 2.19. The van der Waals surface area contributed by atoms with Crippen LogP contribution in [0.1, 0.15) is 20.8 Å². The first-order valence-corrected chi connectivity index (χ1v) is 8.80. The van der Waals surface area contributed by atoms with Gasteiger partial charge in [-0.05, 0) is 20.8 Å². The molecular weight excluding hydrogens is 443 g/mol. The van der Waals surface area contributed by atoms with Crippen molar-refractivity contribution < 1.29 is 138 Å². The van der Waals surface area contributed by atoms with Gasteiger partial charge in [0.1, 0.15) is 6.29 Å². The zero-order valence-electron chi connectivity index (χ0n) is 16.0. The van der Waals surface area contributed by atoms with Crippen molar-refractivity contribution in [3.05, 3.63) is 19.1 Å². The van der Waals surface area contributed by atoms with Gasteiger partial charge in [-0.25, -0.2) is 22.9 Å². The van der Waals surface area contributed by atoms with Crippen LogP contribution in [-0.2, 0) is 30.3 Å². The summed E-state index contributed by atoms with van der Waals surface area (Å²) in [5, 5.41) is 9.35. The van der Waals surface area contributed by atoms with Gasteiger partial charge in [0.25, 0.3) is 0 Å². The van der Waals surface area contributed by atoms with Gasteiger partial charge in [-0.3, -0.25) is 9.11 Å². The third-order valence-electron chi connectivity index (χ3n) is 1.86. The van der Waals surface area contributed by atoms with E-state index in [9.17, 15) is 5.11 Å². The van der Waals surface area contributed by atoms with Crippen molar-refractivity contribution in [2.75, 3.05) is 0 Å². The van der Waals surface area contributed by atoms with Gasteiger partial charge in [0.2, 0.25) is 20.8 Å². The first-order chi connectivity index (χ1) is 10.3. The minimum Gasteiger partial charge on any atom is -0.726 e. The van der Waals surface area contributed by atoms with Gasteiger partial charge in [0.15, 0.2) is 0 Å². The predicted molar refractivity (Wildman–Crippen MR) is 77.9 cm³/mol. The second kappa shape index (κ2) is 17.2. The maximum atomic E-state index is 9.35. The summed E-state index contributed by atoms with van der Waals surface area (Å²) < 4.78 is 76.5. The number of hydrogen-bond donors (Lipinski definition) is 3. The van der Waals surface area contributed by atoms with E-state index in [1.165, 1.54) is 6.42 Å². The van der Waals surface area contributed by atoms with E-state index in [0.29, 0.717) is 0 Å². The molecule has 12 nitrogen and oxygen atoms in total. The second-order valence-corrected chi connectivity index (χ2v) is 7.05. The fourth-order valence-electron chi connectivity index (χ4n) is 1.21. The van der Waals surface area contributed by atoms with E-state index in [0.717, 1.165) is 0 Å². The van der Waals surface area contributed by atoms with Crippen LogP contribution in [-0.4, -0.2) is 70.3 Å². The molecule has 0 saturated carbocycles. The maximum absolute atomic E-state index is 9.35. The fraction of sp³-hybridized carbons (Fsp3) is 0.800. The predicted octanol–water partition coefficient (Wildman–Crippen LogP) is -9.63. The molecule has 0 radical (unpaired) electrons. The molecule has 1 aliphatic rings. The summed E-state index contributed by atoms with van der Waals surface area (Å²) in [6.45, 7) is 9.31. The normalized spacial score (nSPS) is 25.0. The Balaban J connectivity index is -0.000000106. The van der Waals surface area contributed by atoms with Crippen molar-refractivity contribution in [3.8, 4) is 0 Å². The smallest absolute Gasteiger partial charge is 0.726 e. The maximum Gasteiger partial charge on any atom is 1.00 e. The molecule has 0 aromatic heterocycles. The van der Waals surface area contributed by atoms with Gasteiger partial charge in [-0.1, -0.05) is 12.2 Å². The molecule has 0 bridgehead atoms.